The number of amides is 2. The Balaban J connectivity index is 1.86. The zero-order valence-corrected chi connectivity index (χ0v) is 15.3. The van der Waals surface area contributed by atoms with Gasteiger partial charge in [-0.1, -0.05) is 49.4 Å². The second-order valence-corrected chi connectivity index (χ2v) is 6.19. The standard InChI is InChI=1S/C21H19N5O2/c1-2-18(27)25-21-19(20(23)28)26(13-24-21)12-14-7-9-15(10-8-14)17-6-4-3-5-16(17)11-22/h3-10,13H,2,12H2,1H3,(H2,23,28)(H,25,27). The van der Waals surface area contributed by atoms with E-state index in [-0.39, 0.29) is 23.8 Å². The van der Waals surface area contributed by atoms with Gasteiger partial charge in [0.25, 0.3) is 5.91 Å². The number of primary amides is 1. The molecule has 0 unspecified atom stereocenters. The molecule has 0 bridgehead atoms. The van der Waals surface area contributed by atoms with Gasteiger partial charge in [0.05, 0.1) is 18.0 Å². The van der Waals surface area contributed by atoms with E-state index >= 15 is 0 Å². The summed E-state index contributed by atoms with van der Waals surface area (Å²) >= 11 is 0. The van der Waals surface area contributed by atoms with E-state index in [1.807, 2.05) is 42.5 Å². The van der Waals surface area contributed by atoms with Crippen LogP contribution in [0.1, 0.15) is 35.0 Å². The quantitative estimate of drug-likeness (QED) is 0.691. The molecule has 0 radical (unpaired) electrons. The molecule has 0 saturated heterocycles. The molecule has 7 nitrogen and oxygen atoms in total. The molecule has 7 heteroatoms. The first kappa shape index (κ1) is 18.9. The van der Waals surface area contributed by atoms with E-state index in [0.717, 1.165) is 16.7 Å². The van der Waals surface area contributed by atoms with E-state index in [4.69, 9.17) is 5.73 Å². The lowest BCUT2D eigenvalue weighted by Crippen LogP contribution is -2.21. The SMILES string of the molecule is CCC(=O)Nc1ncn(Cc2ccc(-c3ccccc3C#N)cc2)c1C(N)=O. The highest BCUT2D eigenvalue weighted by Gasteiger charge is 2.18. The van der Waals surface area contributed by atoms with E-state index in [9.17, 15) is 14.9 Å². The Hall–Kier alpha value is -3.92. The first-order valence-electron chi connectivity index (χ1n) is 8.76. The van der Waals surface area contributed by atoms with Crippen molar-refractivity contribution in [2.45, 2.75) is 19.9 Å². The molecule has 1 heterocycles. The molecule has 0 aliphatic rings. The number of hydrogen-bond acceptors (Lipinski definition) is 4. The van der Waals surface area contributed by atoms with Crippen molar-refractivity contribution < 1.29 is 9.59 Å². The molecule has 3 aromatic rings. The average Bonchev–Trinajstić information content (AvgIpc) is 3.10. The summed E-state index contributed by atoms with van der Waals surface area (Å²) < 4.78 is 1.60. The Morgan fingerprint density at radius 2 is 1.89 bits per heavy atom. The van der Waals surface area contributed by atoms with Gasteiger partial charge in [0, 0.05) is 13.0 Å². The van der Waals surface area contributed by atoms with Gasteiger partial charge in [0.15, 0.2) is 11.5 Å². The summed E-state index contributed by atoms with van der Waals surface area (Å²) in [5, 5.41) is 11.8. The summed E-state index contributed by atoms with van der Waals surface area (Å²) in [5.41, 5.74) is 8.96. The summed E-state index contributed by atoms with van der Waals surface area (Å²) in [5.74, 6) is -0.740. The number of hydrogen-bond donors (Lipinski definition) is 2. The number of nitrogens with one attached hydrogen (secondary N) is 1. The smallest absolute Gasteiger partial charge is 0.269 e. The van der Waals surface area contributed by atoms with E-state index in [2.05, 4.69) is 16.4 Å². The van der Waals surface area contributed by atoms with Crippen LogP contribution >= 0.6 is 0 Å². The molecule has 140 valence electrons. The van der Waals surface area contributed by atoms with Crippen LogP contribution in [-0.2, 0) is 11.3 Å². The van der Waals surface area contributed by atoms with Crippen molar-refractivity contribution in [3.05, 3.63) is 71.7 Å². The largest absolute Gasteiger partial charge is 0.364 e. The number of aromatic nitrogens is 2. The van der Waals surface area contributed by atoms with Crippen LogP contribution in [0.3, 0.4) is 0 Å². The molecule has 0 aliphatic heterocycles. The van der Waals surface area contributed by atoms with Crippen LogP contribution in [-0.4, -0.2) is 21.4 Å². The first-order valence-corrected chi connectivity index (χ1v) is 8.76. The predicted molar refractivity (Wildman–Crippen MR) is 105 cm³/mol. The third-order valence-electron chi connectivity index (χ3n) is 4.32. The van der Waals surface area contributed by atoms with Crippen LogP contribution in [0.25, 0.3) is 11.1 Å². The maximum atomic E-state index is 11.9. The molecule has 0 aliphatic carbocycles. The van der Waals surface area contributed by atoms with Crippen molar-refractivity contribution in [2.24, 2.45) is 5.73 Å². The Morgan fingerprint density at radius 1 is 1.18 bits per heavy atom. The molecule has 1 aromatic heterocycles. The number of nitrogens with two attached hydrogens (primary N) is 1. The lowest BCUT2D eigenvalue weighted by molar-refractivity contribution is -0.115. The van der Waals surface area contributed by atoms with Gasteiger partial charge in [-0.25, -0.2) is 4.98 Å². The fourth-order valence-electron chi connectivity index (χ4n) is 2.89. The van der Waals surface area contributed by atoms with Gasteiger partial charge in [0.2, 0.25) is 5.91 Å². The Morgan fingerprint density at radius 3 is 2.54 bits per heavy atom. The number of nitrogens with zero attached hydrogens (tertiary/aromatic N) is 3. The minimum absolute atomic E-state index is 0.153. The second-order valence-electron chi connectivity index (χ2n) is 6.19. The van der Waals surface area contributed by atoms with Gasteiger partial charge < -0.3 is 15.6 Å². The normalized spacial score (nSPS) is 10.3. The average molecular weight is 373 g/mol. The van der Waals surface area contributed by atoms with Crippen LogP contribution in [0.2, 0.25) is 0 Å². The molecule has 0 saturated carbocycles. The van der Waals surface area contributed by atoms with Gasteiger partial charge in [-0.05, 0) is 22.8 Å². The van der Waals surface area contributed by atoms with Crippen molar-refractivity contribution in [1.82, 2.24) is 9.55 Å². The molecule has 2 amide bonds. The van der Waals surface area contributed by atoms with Crippen LogP contribution in [0.5, 0.6) is 0 Å². The Kier molecular flexibility index (Phi) is 5.51. The van der Waals surface area contributed by atoms with Crippen molar-refractivity contribution in [3.8, 4) is 17.2 Å². The highest BCUT2D eigenvalue weighted by molar-refractivity contribution is 6.00. The molecule has 0 atom stereocenters. The summed E-state index contributed by atoms with van der Waals surface area (Å²) in [6, 6.07) is 17.3. The van der Waals surface area contributed by atoms with Crippen LogP contribution in [0.15, 0.2) is 54.9 Å². The lowest BCUT2D eigenvalue weighted by atomic mass is 9.99. The Labute approximate surface area is 162 Å². The van der Waals surface area contributed by atoms with E-state index in [0.29, 0.717) is 12.1 Å². The second kappa shape index (κ2) is 8.18. The molecular formula is C21H19N5O2. The number of carbonyl (C=O) groups is 2. The number of rotatable bonds is 6. The number of nitriles is 1. The Bertz CT molecular complexity index is 1060. The summed E-state index contributed by atoms with van der Waals surface area (Å²) in [7, 11) is 0. The number of benzene rings is 2. The number of carbonyl (C=O) groups excluding carboxylic acids is 2. The predicted octanol–water partition coefficient (Wildman–Crippen LogP) is 2.92. The van der Waals surface area contributed by atoms with Crippen molar-refractivity contribution in [2.75, 3.05) is 5.32 Å². The molecule has 0 spiro atoms. The van der Waals surface area contributed by atoms with Gasteiger partial charge in [0.1, 0.15) is 0 Å². The van der Waals surface area contributed by atoms with Crippen molar-refractivity contribution in [3.63, 3.8) is 0 Å². The summed E-state index contributed by atoms with van der Waals surface area (Å²) in [6.45, 7) is 2.08. The summed E-state index contributed by atoms with van der Waals surface area (Å²) in [4.78, 5) is 27.6. The lowest BCUT2D eigenvalue weighted by Gasteiger charge is -2.09. The van der Waals surface area contributed by atoms with Crippen LogP contribution < -0.4 is 11.1 Å². The van der Waals surface area contributed by atoms with Gasteiger partial charge in [-0.15, -0.1) is 0 Å². The molecule has 3 N–H and O–H groups in total. The monoisotopic (exact) mass is 373 g/mol. The molecule has 28 heavy (non-hydrogen) atoms. The minimum atomic E-state index is -0.663. The molecule has 3 rings (SSSR count). The minimum Gasteiger partial charge on any atom is -0.364 e. The molecule has 0 fully saturated rings. The molecular weight excluding hydrogens is 354 g/mol. The van der Waals surface area contributed by atoms with Gasteiger partial charge >= 0.3 is 0 Å². The van der Waals surface area contributed by atoms with E-state index in [1.165, 1.54) is 6.33 Å². The first-order chi connectivity index (χ1) is 13.5. The summed E-state index contributed by atoms with van der Waals surface area (Å²) in [6.07, 6.45) is 1.75. The maximum absolute atomic E-state index is 11.9. The fraction of sp³-hybridized carbons (Fsp3) is 0.143. The zero-order valence-electron chi connectivity index (χ0n) is 15.3. The van der Waals surface area contributed by atoms with Crippen LogP contribution in [0.4, 0.5) is 5.82 Å². The highest BCUT2D eigenvalue weighted by Crippen LogP contribution is 2.24. The zero-order chi connectivity index (χ0) is 20.1. The third kappa shape index (κ3) is 3.91. The van der Waals surface area contributed by atoms with E-state index in [1.54, 1.807) is 17.6 Å². The van der Waals surface area contributed by atoms with Gasteiger partial charge in [-0.3, -0.25) is 9.59 Å². The topological polar surface area (TPSA) is 114 Å². The van der Waals surface area contributed by atoms with Gasteiger partial charge in [-0.2, -0.15) is 5.26 Å². The van der Waals surface area contributed by atoms with E-state index < -0.39 is 5.91 Å². The van der Waals surface area contributed by atoms with Crippen LogP contribution in [0, 0.1) is 11.3 Å². The highest BCUT2D eigenvalue weighted by atomic mass is 16.2. The number of imidazole rings is 1. The van der Waals surface area contributed by atoms with Crippen molar-refractivity contribution >= 4 is 17.6 Å². The fourth-order valence-corrected chi connectivity index (χ4v) is 2.89. The maximum Gasteiger partial charge on any atom is 0.269 e. The van der Waals surface area contributed by atoms with Crippen molar-refractivity contribution in [1.29, 1.82) is 5.26 Å². The number of anilines is 1. The third-order valence-corrected chi connectivity index (χ3v) is 4.32. The molecule has 2 aromatic carbocycles.